The number of hydrogen-bond donors (Lipinski definition) is 0. The lowest BCUT2D eigenvalue weighted by atomic mass is 10.2. The zero-order valence-electron chi connectivity index (χ0n) is 9.06. The monoisotopic (exact) mass is 243 g/mol. The highest BCUT2D eigenvalue weighted by molar-refractivity contribution is 7.98. The summed E-state index contributed by atoms with van der Waals surface area (Å²) in [6.45, 7) is 0. The highest BCUT2D eigenvalue weighted by Gasteiger charge is 1.99. The van der Waals surface area contributed by atoms with E-state index >= 15 is 0 Å². The minimum atomic E-state index is -0.222. The number of rotatable bonds is 3. The van der Waals surface area contributed by atoms with Crippen LogP contribution in [0.5, 0.6) is 0 Å². The fraction of sp³-hybridized carbons (Fsp3) is 0.0714. The number of nitriles is 1. The number of thioether (sulfide) groups is 1. The van der Waals surface area contributed by atoms with E-state index < -0.39 is 0 Å². The first-order valence-corrected chi connectivity index (χ1v) is 6.14. The third-order valence-corrected chi connectivity index (χ3v) is 3.32. The molecule has 0 aliphatic heterocycles. The van der Waals surface area contributed by atoms with Crippen molar-refractivity contribution in [2.24, 2.45) is 0 Å². The summed E-state index contributed by atoms with van der Waals surface area (Å²) in [4.78, 5) is 0.896. The SMILES string of the molecule is N#Cc1cccc(CSc2cccc(F)c2)c1. The molecule has 0 spiro atoms. The van der Waals surface area contributed by atoms with Crippen molar-refractivity contribution in [2.45, 2.75) is 10.6 Å². The average molecular weight is 243 g/mol. The lowest BCUT2D eigenvalue weighted by Crippen LogP contribution is -1.83. The fourth-order valence-electron chi connectivity index (χ4n) is 1.45. The van der Waals surface area contributed by atoms with Crippen molar-refractivity contribution in [3.8, 4) is 6.07 Å². The van der Waals surface area contributed by atoms with Crippen LogP contribution in [0, 0.1) is 17.1 Å². The van der Waals surface area contributed by atoms with Gasteiger partial charge in [0.1, 0.15) is 5.82 Å². The number of hydrogen-bond acceptors (Lipinski definition) is 2. The van der Waals surface area contributed by atoms with E-state index in [0.29, 0.717) is 5.56 Å². The van der Waals surface area contributed by atoms with Crippen molar-refractivity contribution in [3.05, 3.63) is 65.5 Å². The molecule has 2 aromatic carbocycles. The molecular weight excluding hydrogens is 233 g/mol. The summed E-state index contributed by atoms with van der Waals surface area (Å²) in [5.41, 5.74) is 1.72. The quantitative estimate of drug-likeness (QED) is 0.761. The maximum Gasteiger partial charge on any atom is 0.124 e. The van der Waals surface area contributed by atoms with E-state index in [0.717, 1.165) is 16.2 Å². The summed E-state index contributed by atoms with van der Waals surface area (Å²) in [6.07, 6.45) is 0. The Labute approximate surface area is 104 Å². The largest absolute Gasteiger partial charge is 0.207 e. The first-order valence-electron chi connectivity index (χ1n) is 5.15. The summed E-state index contributed by atoms with van der Waals surface area (Å²) in [7, 11) is 0. The Balaban J connectivity index is 2.05. The fourth-order valence-corrected chi connectivity index (χ4v) is 2.34. The van der Waals surface area contributed by atoms with Crippen molar-refractivity contribution in [1.82, 2.24) is 0 Å². The van der Waals surface area contributed by atoms with Crippen molar-refractivity contribution in [3.63, 3.8) is 0 Å². The Morgan fingerprint density at radius 3 is 2.71 bits per heavy atom. The van der Waals surface area contributed by atoms with Crippen LogP contribution in [-0.4, -0.2) is 0 Å². The predicted octanol–water partition coefficient (Wildman–Crippen LogP) is 3.99. The highest BCUT2D eigenvalue weighted by Crippen LogP contribution is 2.23. The average Bonchev–Trinajstić information content (AvgIpc) is 2.37. The maximum absolute atomic E-state index is 13.0. The molecule has 0 radical (unpaired) electrons. The molecule has 0 N–H and O–H groups in total. The number of benzene rings is 2. The van der Waals surface area contributed by atoms with Crippen LogP contribution >= 0.6 is 11.8 Å². The van der Waals surface area contributed by atoms with Gasteiger partial charge < -0.3 is 0 Å². The molecule has 0 atom stereocenters. The van der Waals surface area contributed by atoms with Gasteiger partial charge in [-0.1, -0.05) is 18.2 Å². The second kappa shape index (κ2) is 5.51. The van der Waals surface area contributed by atoms with Crippen molar-refractivity contribution >= 4 is 11.8 Å². The summed E-state index contributed by atoms with van der Waals surface area (Å²) in [6, 6.07) is 16.1. The second-order valence-corrected chi connectivity index (χ2v) is 4.61. The first-order chi connectivity index (χ1) is 8.28. The van der Waals surface area contributed by atoms with Gasteiger partial charge in [-0.25, -0.2) is 4.39 Å². The Morgan fingerprint density at radius 1 is 1.12 bits per heavy atom. The van der Waals surface area contributed by atoms with E-state index in [9.17, 15) is 4.39 Å². The Morgan fingerprint density at radius 2 is 1.94 bits per heavy atom. The van der Waals surface area contributed by atoms with Crippen LogP contribution < -0.4 is 0 Å². The molecule has 3 heteroatoms. The minimum absolute atomic E-state index is 0.222. The molecule has 0 aromatic heterocycles. The molecule has 0 heterocycles. The lowest BCUT2D eigenvalue weighted by Gasteiger charge is -2.02. The molecule has 0 aliphatic carbocycles. The van der Waals surface area contributed by atoms with Gasteiger partial charge in [0.25, 0.3) is 0 Å². The van der Waals surface area contributed by atoms with E-state index in [4.69, 9.17) is 5.26 Å². The minimum Gasteiger partial charge on any atom is -0.207 e. The first kappa shape index (κ1) is 11.7. The Bertz CT molecular complexity index is 560. The van der Waals surface area contributed by atoms with Gasteiger partial charge in [0, 0.05) is 10.6 Å². The highest BCUT2D eigenvalue weighted by atomic mass is 32.2. The van der Waals surface area contributed by atoms with Gasteiger partial charge in [-0.05, 0) is 35.9 Å². The molecule has 0 saturated heterocycles. The van der Waals surface area contributed by atoms with Gasteiger partial charge >= 0.3 is 0 Å². The van der Waals surface area contributed by atoms with Gasteiger partial charge in [0.2, 0.25) is 0 Å². The van der Waals surface area contributed by atoms with Crippen molar-refractivity contribution in [1.29, 1.82) is 5.26 Å². The Kier molecular flexibility index (Phi) is 3.79. The summed E-state index contributed by atoms with van der Waals surface area (Å²) >= 11 is 1.56. The van der Waals surface area contributed by atoms with E-state index in [2.05, 4.69) is 6.07 Å². The van der Waals surface area contributed by atoms with Gasteiger partial charge in [0.05, 0.1) is 11.6 Å². The molecule has 84 valence electrons. The molecule has 2 aromatic rings. The standard InChI is InChI=1S/C14H10FNS/c15-13-5-2-6-14(8-13)17-10-12-4-1-3-11(7-12)9-16/h1-8H,10H2. The van der Waals surface area contributed by atoms with Gasteiger partial charge in [-0.2, -0.15) is 5.26 Å². The van der Waals surface area contributed by atoms with E-state index in [1.54, 1.807) is 23.9 Å². The van der Waals surface area contributed by atoms with Crippen LogP contribution in [0.4, 0.5) is 4.39 Å². The number of nitrogens with zero attached hydrogens (tertiary/aromatic N) is 1. The molecule has 2 rings (SSSR count). The summed E-state index contributed by atoms with van der Waals surface area (Å²) in [5.74, 6) is 0.514. The molecule has 0 bridgehead atoms. The predicted molar refractivity (Wildman–Crippen MR) is 67.1 cm³/mol. The normalized spacial score (nSPS) is 9.88. The molecule has 0 fully saturated rings. The molecule has 0 saturated carbocycles. The molecule has 0 aliphatic rings. The summed E-state index contributed by atoms with van der Waals surface area (Å²) < 4.78 is 13.0. The third kappa shape index (κ3) is 3.33. The molecule has 0 amide bonds. The second-order valence-electron chi connectivity index (χ2n) is 3.56. The van der Waals surface area contributed by atoms with E-state index in [-0.39, 0.29) is 5.82 Å². The maximum atomic E-state index is 13.0. The van der Waals surface area contributed by atoms with E-state index in [1.165, 1.54) is 12.1 Å². The van der Waals surface area contributed by atoms with Crippen LogP contribution in [-0.2, 0) is 5.75 Å². The topological polar surface area (TPSA) is 23.8 Å². The molecule has 1 nitrogen and oxygen atoms in total. The zero-order valence-corrected chi connectivity index (χ0v) is 9.88. The molecule has 0 unspecified atom stereocenters. The summed E-state index contributed by atoms with van der Waals surface area (Å²) in [5, 5.41) is 8.78. The zero-order chi connectivity index (χ0) is 12.1. The van der Waals surface area contributed by atoms with Gasteiger partial charge in [-0.15, -0.1) is 11.8 Å². The smallest absolute Gasteiger partial charge is 0.124 e. The molecule has 17 heavy (non-hydrogen) atoms. The van der Waals surface area contributed by atoms with Crippen LogP contribution in [0.2, 0.25) is 0 Å². The van der Waals surface area contributed by atoms with Crippen LogP contribution in [0.3, 0.4) is 0 Å². The number of halogens is 1. The van der Waals surface area contributed by atoms with Crippen LogP contribution in [0.25, 0.3) is 0 Å². The van der Waals surface area contributed by atoms with Crippen molar-refractivity contribution < 1.29 is 4.39 Å². The van der Waals surface area contributed by atoms with Crippen LogP contribution in [0.15, 0.2) is 53.4 Å². The third-order valence-electron chi connectivity index (χ3n) is 2.26. The Hall–Kier alpha value is -1.79. The van der Waals surface area contributed by atoms with Crippen molar-refractivity contribution in [2.75, 3.05) is 0 Å². The molecular formula is C14H10FNS. The lowest BCUT2D eigenvalue weighted by molar-refractivity contribution is 0.624. The van der Waals surface area contributed by atoms with E-state index in [1.807, 2.05) is 24.3 Å². The van der Waals surface area contributed by atoms with Gasteiger partial charge in [-0.3, -0.25) is 0 Å². The van der Waals surface area contributed by atoms with Crippen LogP contribution in [0.1, 0.15) is 11.1 Å². The van der Waals surface area contributed by atoms with Gasteiger partial charge in [0.15, 0.2) is 0 Å².